The van der Waals surface area contributed by atoms with Gasteiger partial charge in [-0.3, -0.25) is 4.79 Å². The number of aromatic nitrogens is 1. The number of nitrogens with one attached hydrogen (secondary N) is 2. The summed E-state index contributed by atoms with van der Waals surface area (Å²) in [5.41, 5.74) is 7.05. The van der Waals surface area contributed by atoms with Crippen LogP contribution in [-0.4, -0.2) is 16.9 Å². The van der Waals surface area contributed by atoms with E-state index in [2.05, 4.69) is 15.6 Å². The first kappa shape index (κ1) is 15.0. The molecule has 7 heteroatoms. The standard InChI is InChI=1S/C14H16N4O2S/c1-9-4-2-3-5-10(9)11(17-13(15)20)8-12(19)18-14-16-6-7-21-14/h2-7,11H,8H2,1H3,(H3,15,17,20)(H,16,18,19)/t11-/m1/s1. The average Bonchev–Trinajstić information content (AvgIpc) is 2.90. The van der Waals surface area contributed by atoms with Gasteiger partial charge in [0.25, 0.3) is 0 Å². The number of urea groups is 1. The summed E-state index contributed by atoms with van der Waals surface area (Å²) in [4.78, 5) is 27.2. The molecule has 3 amide bonds. The summed E-state index contributed by atoms with van der Waals surface area (Å²) >= 11 is 1.34. The molecule has 1 heterocycles. The number of nitrogens with two attached hydrogens (primary N) is 1. The molecule has 0 aliphatic rings. The monoisotopic (exact) mass is 304 g/mol. The van der Waals surface area contributed by atoms with Crippen LogP contribution in [0.3, 0.4) is 0 Å². The number of thiazole rings is 1. The molecule has 1 aromatic heterocycles. The van der Waals surface area contributed by atoms with Gasteiger partial charge < -0.3 is 16.4 Å². The van der Waals surface area contributed by atoms with Gasteiger partial charge in [0.1, 0.15) is 0 Å². The topological polar surface area (TPSA) is 97.1 Å². The minimum absolute atomic E-state index is 0.0906. The second kappa shape index (κ2) is 6.85. The normalized spacial score (nSPS) is 11.7. The lowest BCUT2D eigenvalue weighted by molar-refractivity contribution is -0.116. The Balaban J connectivity index is 2.11. The van der Waals surface area contributed by atoms with Crippen LogP contribution in [-0.2, 0) is 4.79 Å². The lowest BCUT2D eigenvalue weighted by Crippen LogP contribution is -2.35. The van der Waals surface area contributed by atoms with Crippen molar-refractivity contribution in [2.24, 2.45) is 5.73 Å². The zero-order chi connectivity index (χ0) is 15.2. The van der Waals surface area contributed by atoms with Gasteiger partial charge in [0.2, 0.25) is 5.91 Å². The second-order valence-corrected chi connectivity index (χ2v) is 5.40. The summed E-state index contributed by atoms with van der Waals surface area (Å²) in [7, 11) is 0. The molecule has 110 valence electrons. The Labute approximate surface area is 126 Å². The SMILES string of the molecule is Cc1ccccc1[C@@H](CC(=O)Nc1nccs1)NC(N)=O. The number of primary amides is 1. The summed E-state index contributed by atoms with van der Waals surface area (Å²) in [5.74, 6) is -0.230. The summed E-state index contributed by atoms with van der Waals surface area (Å²) in [6, 6.07) is 6.41. The predicted molar refractivity (Wildman–Crippen MR) is 82.0 cm³/mol. The predicted octanol–water partition coefficient (Wildman–Crippen LogP) is 2.19. The molecule has 0 fully saturated rings. The van der Waals surface area contributed by atoms with Crippen molar-refractivity contribution in [2.45, 2.75) is 19.4 Å². The van der Waals surface area contributed by atoms with Crippen LogP contribution in [0, 0.1) is 6.92 Å². The number of nitrogens with zero attached hydrogens (tertiary/aromatic N) is 1. The number of hydrogen-bond acceptors (Lipinski definition) is 4. The molecule has 0 radical (unpaired) electrons. The molecule has 1 aromatic carbocycles. The van der Waals surface area contributed by atoms with Gasteiger partial charge in [-0.1, -0.05) is 24.3 Å². The van der Waals surface area contributed by atoms with Crippen molar-refractivity contribution in [3.8, 4) is 0 Å². The zero-order valence-corrected chi connectivity index (χ0v) is 12.3. The van der Waals surface area contributed by atoms with Crippen LogP contribution >= 0.6 is 11.3 Å². The molecule has 0 aliphatic carbocycles. The molecule has 2 aromatic rings. The van der Waals surface area contributed by atoms with E-state index >= 15 is 0 Å². The average molecular weight is 304 g/mol. The van der Waals surface area contributed by atoms with Crippen LogP contribution in [0.25, 0.3) is 0 Å². The van der Waals surface area contributed by atoms with Gasteiger partial charge in [-0.2, -0.15) is 0 Å². The van der Waals surface area contributed by atoms with Crippen molar-refractivity contribution >= 4 is 28.4 Å². The highest BCUT2D eigenvalue weighted by Gasteiger charge is 2.19. The van der Waals surface area contributed by atoms with Crippen molar-refractivity contribution in [3.63, 3.8) is 0 Å². The molecule has 1 atom stereocenters. The van der Waals surface area contributed by atoms with Gasteiger partial charge in [-0.15, -0.1) is 11.3 Å². The van der Waals surface area contributed by atoms with E-state index in [0.29, 0.717) is 5.13 Å². The highest BCUT2D eigenvalue weighted by atomic mass is 32.1. The number of anilines is 1. The molecule has 0 unspecified atom stereocenters. The lowest BCUT2D eigenvalue weighted by atomic mass is 9.98. The third-order valence-corrected chi connectivity index (χ3v) is 3.64. The Hall–Kier alpha value is -2.41. The van der Waals surface area contributed by atoms with E-state index < -0.39 is 12.1 Å². The van der Waals surface area contributed by atoms with Crippen molar-refractivity contribution in [2.75, 3.05) is 5.32 Å². The van der Waals surface area contributed by atoms with Gasteiger partial charge in [0, 0.05) is 11.6 Å². The Kier molecular flexibility index (Phi) is 4.89. The van der Waals surface area contributed by atoms with Crippen molar-refractivity contribution in [3.05, 3.63) is 47.0 Å². The van der Waals surface area contributed by atoms with Crippen LogP contribution < -0.4 is 16.4 Å². The molecule has 21 heavy (non-hydrogen) atoms. The van der Waals surface area contributed by atoms with Crippen LogP contribution in [0.1, 0.15) is 23.6 Å². The first-order valence-electron chi connectivity index (χ1n) is 6.37. The van der Waals surface area contributed by atoms with Crippen LogP contribution in [0.4, 0.5) is 9.93 Å². The number of benzene rings is 1. The Morgan fingerprint density at radius 2 is 2.14 bits per heavy atom. The second-order valence-electron chi connectivity index (χ2n) is 4.51. The molecule has 0 spiro atoms. The van der Waals surface area contributed by atoms with E-state index in [1.54, 1.807) is 11.6 Å². The number of rotatable bonds is 5. The Morgan fingerprint density at radius 3 is 2.76 bits per heavy atom. The maximum absolute atomic E-state index is 12.1. The molecular weight excluding hydrogens is 288 g/mol. The maximum Gasteiger partial charge on any atom is 0.312 e. The molecular formula is C14H16N4O2S. The van der Waals surface area contributed by atoms with Crippen LogP contribution in [0.5, 0.6) is 0 Å². The molecule has 6 nitrogen and oxygen atoms in total. The van der Waals surface area contributed by atoms with Gasteiger partial charge in [-0.25, -0.2) is 9.78 Å². The van der Waals surface area contributed by atoms with E-state index in [4.69, 9.17) is 5.73 Å². The van der Waals surface area contributed by atoms with E-state index in [0.717, 1.165) is 11.1 Å². The third-order valence-electron chi connectivity index (χ3n) is 2.95. The van der Waals surface area contributed by atoms with Crippen molar-refractivity contribution in [1.29, 1.82) is 0 Å². The van der Waals surface area contributed by atoms with Gasteiger partial charge in [-0.05, 0) is 18.1 Å². The van der Waals surface area contributed by atoms with Crippen LogP contribution in [0.2, 0.25) is 0 Å². The fraction of sp³-hybridized carbons (Fsp3) is 0.214. The van der Waals surface area contributed by atoms with E-state index in [9.17, 15) is 9.59 Å². The molecule has 2 rings (SSSR count). The first-order valence-corrected chi connectivity index (χ1v) is 7.25. The number of carbonyl (C=O) groups is 2. The minimum atomic E-state index is -0.662. The number of hydrogen-bond donors (Lipinski definition) is 3. The number of amides is 3. The quantitative estimate of drug-likeness (QED) is 0.789. The fourth-order valence-electron chi connectivity index (χ4n) is 2.03. The molecule has 0 aliphatic heterocycles. The highest BCUT2D eigenvalue weighted by Crippen LogP contribution is 2.21. The van der Waals surface area contributed by atoms with E-state index in [1.807, 2.05) is 31.2 Å². The molecule has 0 saturated carbocycles. The van der Waals surface area contributed by atoms with Gasteiger partial charge in [0.05, 0.1) is 12.5 Å². The first-order chi connectivity index (χ1) is 10.1. The molecule has 0 saturated heterocycles. The molecule has 0 bridgehead atoms. The van der Waals surface area contributed by atoms with Gasteiger partial charge >= 0.3 is 6.03 Å². The summed E-state index contributed by atoms with van der Waals surface area (Å²) in [6.07, 6.45) is 1.70. The van der Waals surface area contributed by atoms with Crippen LogP contribution in [0.15, 0.2) is 35.8 Å². The number of aryl methyl sites for hydroxylation is 1. The fourth-order valence-corrected chi connectivity index (χ4v) is 2.57. The largest absolute Gasteiger partial charge is 0.352 e. The van der Waals surface area contributed by atoms with Crippen molar-refractivity contribution < 1.29 is 9.59 Å². The highest BCUT2D eigenvalue weighted by molar-refractivity contribution is 7.13. The van der Waals surface area contributed by atoms with E-state index in [1.165, 1.54) is 11.3 Å². The minimum Gasteiger partial charge on any atom is -0.352 e. The van der Waals surface area contributed by atoms with Gasteiger partial charge in [0.15, 0.2) is 5.13 Å². The Morgan fingerprint density at radius 1 is 1.38 bits per heavy atom. The maximum atomic E-state index is 12.1. The summed E-state index contributed by atoms with van der Waals surface area (Å²) in [5, 5.41) is 7.60. The third kappa shape index (κ3) is 4.28. The van der Waals surface area contributed by atoms with E-state index in [-0.39, 0.29) is 12.3 Å². The Bertz CT molecular complexity index is 628. The lowest BCUT2D eigenvalue weighted by Gasteiger charge is -2.19. The van der Waals surface area contributed by atoms with Crippen molar-refractivity contribution in [1.82, 2.24) is 10.3 Å². The zero-order valence-electron chi connectivity index (χ0n) is 11.5. The summed E-state index contributed by atoms with van der Waals surface area (Å²) < 4.78 is 0. The molecule has 4 N–H and O–H groups in total. The smallest absolute Gasteiger partial charge is 0.312 e. The summed E-state index contributed by atoms with van der Waals surface area (Å²) in [6.45, 7) is 1.92. The number of carbonyl (C=O) groups excluding carboxylic acids is 2.